The van der Waals surface area contributed by atoms with Crippen LogP contribution in [0.2, 0.25) is 0 Å². The Morgan fingerprint density at radius 3 is 2.70 bits per heavy atom. The molecule has 146 valence electrons. The number of nitrogens with one attached hydrogen (secondary N) is 2. The van der Waals surface area contributed by atoms with Gasteiger partial charge in [-0.1, -0.05) is 37.3 Å². The first kappa shape index (κ1) is 19.5. The van der Waals surface area contributed by atoms with E-state index in [1.807, 2.05) is 6.20 Å². The third-order valence-electron chi connectivity index (χ3n) is 5.30. The van der Waals surface area contributed by atoms with Crippen LogP contribution in [0.4, 0.5) is 0 Å². The van der Waals surface area contributed by atoms with Gasteiger partial charge >= 0.3 is 0 Å². The fraction of sp³-hybridized carbons (Fsp3) is 0.545. The second-order valence-electron chi connectivity index (χ2n) is 7.57. The number of rotatable bonds is 7. The molecule has 0 amide bonds. The number of imidazole rings is 1. The second-order valence-corrected chi connectivity index (χ2v) is 7.57. The highest BCUT2D eigenvalue weighted by molar-refractivity contribution is 5.80. The summed E-state index contributed by atoms with van der Waals surface area (Å²) in [5.41, 5.74) is 1.29. The summed E-state index contributed by atoms with van der Waals surface area (Å²) in [5.74, 6) is 2.90. The average molecular weight is 368 g/mol. The van der Waals surface area contributed by atoms with E-state index in [0.29, 0.717) is 6.04 Å². The zero-order valence-corrected chi connectivity index (χ0v) is 16.7. The monoisotopic (exact) mass is 367 g/mol. The van der Waals surface area contributed by atoms with Crippen LogP contribution >= 0.6 is 0 Å². The predicted molar refractivity (Wildman–Crippen MR) is 112 cm³/mol. The van der Waals surface area contributed by atoms with E-state index in [2.05, 4.69) is 70.6 Å². The van der Waals surface area contributed by atoms with Crippen LogP contribution in [0, 0.1) is 5.92 Å². The summed E-state index contributed by atoms with van der Waals surface area (Å²) < 4.78 is 2.22. The Morgan fingerprint density at radius 2 is 1.96 bits per heavy atom. The summed E-state index contributed by atoms with van der Waals surface area (Å²) in [4.78, 5) is 9.32. The summed E-state index contributed by atoms with van der Waals surface area (Å²) in [5, 5.41) is 7.01. The van der Waals surface area contributed by atoms with E-state index in [1.165, 1.54) is 31.2 Å². The smallest absolute Gasteiger partial charge is 0.191 e. The minimum atomic E-state index is 0.555. The molecule has 0 atom stereocenters. The lowest BCUT2D eigenvalue weighted by Gasteiger charge is -2.28. The first-order valence-corrected chi connectivity index (χ1v) is 10.3. The van der Waals surface area contributed by atoms with Crippen LogP contribution in [0.25, 0.3) is 0 Å². The maximum Gasteiger partial charge on any atom is 0.191 e. The Hall–Kier alpha value is -2.30. The van der Waals surface area contributed by atoms with Gasteiger partial charge < -0.3 is 15.2 Å². The van der Waals surface area contributed by atoms with Crippen molar-refractivity contribution in [2.45, 2.75) is 58.5 Å². The summed E-state index contributed by atoms with van der Waals surface area (Å²) >= 11 is 0. The van der Waals surface area contributed by atoms with E-state index in [9.17, 15) is 0 Å². The Morgan fingerprint density at radius 1 is 1.19 bits per heavy atom. The van der Waals surface area contributed by atoms with Gasteiger partial charge in [-0.05, 0) is 44.1 Å². The maximum atomic E-state index is 4.79. The number of hydrogen-bond acceptors (Lipinski definition) is 2. The van der Waals surface area contributed by atoms with Crippen LogP contribution in [-0.2, 0) is 13.0 Å². The molecule has 3 rings (SSSR count). The molecule has 0 bridgehead atoms. The van der Waals surface area contributed by atoms with Crippen molar-refractivity contribution in [2.75, 3.05) is 13.1 Å². The van der Waals surface area contributed by atoms with Gasteiger partial charge in [0, 0.05) is 44.5 Å². The Balaban J connectivity index is 1.54. The minimum absolute atomic E-state index is 0.555. The molecule has 1 aromatic carbocycles. The van der Waals surface area contributed by atoms with Crippen molar-refractivity contribution in [3.05, 3.63) is 54.1 Å². The standard InChI is InChI=1S/C22H33N5/c1-3-23-22(26-20-11-9-18(2)10-12-20)25-14-13-21-24-15-16-27(21)17-19-7-5-4-6-8-19/h4-8,15-16,18,20H,3,9-14,17H2,1-2H3,(H2,23,25,26). The van der Waals surface area contributed by atoms with Crippen molar-refractivity contribution >= 4 is 5.96 Å². The Kier molecular flexibility index (Phi) is 7.31. The summed E-state index contributed by atoms with van der Waals surface area (Å²) in [6.07, 6.45) is 9.90. The van der Waals surface area contributed by atoms with Crippen molar-refractivity contribution in [3.63, 3.8) is 0 Å². The average Bonchev–Trinajstić information content (AvgIpc) is 3.11. The number of aromatic nitrogens is 2. The van der Waals surface area contributed by atoms with Crippen LogP contribution in [0.5, 0.6) is 0 Å². The number of nitrogens with zero attached hydrogens (tertiary/aromatic N) is 3. The third-order valence-corrected chi connectivity index (χ3v) is 5.30. The SMILES string of the molecule is CCNC(=NCCc1nccn1Cc1ccccc1)NC1CCC(C)CC1. The molecule has 1 heterocycles. The van der Waals surface area contributed by atoms with Gasteiger partial charge in [-0.15, -0.1) is 0 Å². The number of guanidine groups is 1. The van der Waals surface area contributed by atoms with Crippen LogP contribution < -0.4 is 10.6 Å². The van der Waals surface area contributed by atoms with Gasteiger partial charge in [0.2, 0.25) is 0 Å². The van der Waals surface area contributed by atoms with Crippen LogP contribution in [0.3, 0.4) is 0 Å². The van der Waals surface area contributed by atoms with Gasteiger partial charge in [0.1, 0.15) is 5.82 Å². The number of hydrogen-bond donors (Lipinski definition) is 2. The molecule has 1 fully saturated rings. The predicted octanol–water partition coefficient (Wildman–Crippen LogP) is 3.61. The van der Waals surface area contributed by atoms with Crippen LogP contribution in [0.1, 0.15) is 50.9 Å². The lowest BCUT2D eigenvalue weighted by molar-refractivity contribution is 0.329. The number of benzene rings is 1. The molecular weight excluding hydrogens is 334 g/mol. The van der Waals surface area contributed by atoms with Crippen LogP contribution in [0.15, 0.2) is 47.7 Å². The highest BCUT2D eigenvalue weighted by Crippen LogP contribution is 2.23. The van der Waals surface area contributed by atoms with Crippen LogP contribution in [-0.4, -0.2) is 34.6 Å². The van der Waals surface area contributed by atoms with Gasteiger partial charge in [0.25, 0.3) is 0 Å². The van der Waals surface area contributed by atoms with Crippen molar-refractivity contribution in [3.8, 4) is 0 Å². The molecule has 1 aliphatic carbocycles. The Labute approximate surface area is 163 Å². The lowest BCUT2D eigenvalue weighted by atomic mass is 9.87. The van der Waals surface area contributed by atoms with Gasteiger partial charge in [-0.2, -0.15) is 0 Å². The van der Waals surface area contributed by atoms with E-state index in [0.717, 1.165) is 43.8 Å². The van der Waals surface area contributed by atoms with E-state index in [-0.39, 0.29) is 0 Å². The summed E-state index contributed by atoms with van der Waals surface area (Å²) in [6, 6.07) is 11.1. The minimum Gasteiger partial charge on any atom is -0.357 e. The summed E-state index contributed by atoms with van der Waals surface area (Å²) in [7, 11) is 0. The highest BCUT2D eigenvalue weighted by atomic mass is 15.2. The molecule has 0 spiro atoms. The molecule has 0 saturated heterocycles. The fourth-order valence-electron chi connectivity index (χ4n) is 3.68. The second kappa shape index (κ2) is 10.1. The molecule has 1 aromatic heterocycles. The van der Waals surface area contributed by atoms with Crippen molar-refractivity contribution in [1.29, 1.82) is 0 Å². The number of aliphatic imine (C=N–C) groups is 1. The van der Waals surface area contributed by atoms with Gasteiger partial charge in [-0.3, -0.25) is 4.99 Å². The molecule has 1 saturated carbocycles. The zero-order valence-electron chi connectivity index (χ0n) is 16.7. The third kappa shape index (κ3) is 6.12. The topological polar surface area (TPSA) is 54.2 Å². The van der Waals surface area contributed by atoms with E-state index >= 15 is 0 Å². The summed E-state index contributed by atoms with van der Waals surface area (Å²) in [6.45, 7) is 6.96. The molecule has 2 aromatic rings. The van der Waals surface area contributed by atoms with E-state index < -0.39 is 0 Å². The molecule has 2 N–H and O–H groups in total. The highest BCUT2D eigenvalue weighted by Gasteiger charge is 2.18. The normalized spacial score (nSPS) is 20.4. The van der Waals surface area contributed by atoms with E-state index in [1.54, 1.807) is 0 Å². The first-order valence-electron chi connectivity index (χ1n) is 10.3. The molecule has 0 radical (unpaired) electrons. The van der Waals surface area contributed by atoms with Crippen molar-refractivity contribution in [2.24, 2.45) is 10.9 Å². The van der Waals surface area contributed by atoms with Gasteiger partial charge in [-0.25, -0.2) is 4.98 Å². The molecule has 5 heteroatoms. The molecule has 27 heavy (non-hydrogen) atoms. The maximum absolute atomic E-state index is 4.79. The molecule has 5 nitrogen and oxygen atoms in total. The zero-order chi connectivity index (χ0) is 18.9. The largest absolute Gasteiger partial charge is 0.357 e. The molecular formula is C22H33N5. The lowest BCUT2D eigenvalue weighted by Crippen LogP contribution is -2.44. The van der Waals surface area contributed by atoms with Crippen molar-refractivity contribution < 1.29 is 0 Å². The van der Waals surface area contributed by atoms with Crippen molar-refractivity contribution in [1.82, 2.24) is 20.2 Å². The quantitative estimate of drug-likeness (QED) is 0.581. The first-order chi connectivity index (χ1) is 13.2. The molecule has 0 unspecified atom stereocenters. The molecule has 1 aliphatic rings. The fourth-order valence-corrected chi connectivity index (χ4v) is 3.68. The Bertz CT molecular complexity index is 699. The van der Waals surface area contributed by atoms with Gasteiger partial charge in [0.15, 0.2) is 5.96 Å². The molecule has 0 aliphatic heterocycles. The van der Waals surface area contributed by atoms with E-state index in [4.69, 9.17) is 4.99 Å². The van der Waals surface area contributed by atoms with Gasteiger partial charge in [0.05, 0.1) is 0 Å².